The summed E-state index contributed by atoms with van der Waals surface area (Å²) in [6, 6.07) is 3.63. The van der Waals surface area contributed by atoms with Gasteiger partial charge in [-0.25, -0.2) is 0 Å². The molecule has 0 spiro atoms. The molecule has 0 aliphatic rings. The molecule has 5 heteroatoms. The molecule has 0 saturated heterocycles. The SMILES string of the molecule is O=C(Nc1ccsc1)c1cc(S)cs1. The Bertz CT molecular complexity index is 433. The predicted octanol–water partition coefficient (Wildman–Crippen LogP) is 3.35. The van der Waals surface area contributed by atoms with Gasteiger partial charge in [-0.15, -0.1) is 24.0 Å². The molecule has 2 rings (SSSR count). The Morgan fingerprint density at radius 3 is 2.86 bits per heavy atom. The highest BCUT2D eigenvalue weighted by atomic mass is 32.1. The zero-order chi connectivity index (χ0) is 9.97. The van der Waals surface area contributed by atoms with Crippen molar-refractivity contribution in [3.05, 3.63) is 33.2 Å². The van der Waals surface area contributed by atoms with Crippen LogP contribution in [0.15, 0.2) is 33.2 Å². The van der Waals surface area contributed by atoms with Crippen LogP contribution in [0, 0.1) is 0 Å². The van der Waals surface area contributed by atoms with Gasteiger partial charge in [-0.05, 0) is 17.5 Å². The highest BCUT2D eigenvalue weighted by molar-refractivity contribution is 7.80. The second-order valence-corrected chi connectivity index (χ2v) is 4.84. The van der Waals surface area contributed by atoms with Crippen LogP contribution in [0.3, 0.4) is 0 Å². The lowest BCUT2D eigenvalue weighted by molar-refractivity contribution is 0.103. The zero-order valence-corrected chi connectivity index (χ0v) is 9.59. The van der Waals surface area contributed by atoms with Gasteiger partial charge in [0.25, 0.3) is 5.91 Å². The lowest BCUT2D eigenvalue weighted by atomic mass is 10.4. The van der Waals surface area contributed by atoms with E-state index in [1.54, 1.807) is 17.4 Å². The predicted molar refractivity (Wildman–Crippen MR) is 63.8 cm³/mol. The van der Waals surface area contributed by atoms with Crippen LogP contribution >= 0.6 is 35.3 Å². The Hall–Kier alpha value is -0.780. The molecule has 0 aliphatic carbocycles. The number of carbonyl (C=O) groups is 1. The van der Waals surface area contributed by atoms with E-state index in [1.165, 1.54) is 11.3 Å². The number of carbonyl (C=O) groups excluding carboxylic acids is 1. The van der Waals surface area contributed by atoms with Crippen LogP contribution in [-0.4, -0.2) is 5.91 Å². The van der Waals surface area contributed by atoms with Crippen molar-refractivity contribution in [3.63, 3.8) is 0 Å². The molecule has 2 heterocycles. The molecular weight excluding hydrogens is 234 g/mol. The molecule has 1 amide bonds. The van der Waals surface area contributed by atoms with Gasteiger partial charge in [-0.2, -0.15) is 11.3 Å². The number of nitrogens with one attached hydrogen (secondary N) is 1. The quantitative estimate of drug-likeness (QED) is 0.776. The van der Waals surface area contributed by atoms with Crippen LogP contribution in [0.25, 0.3) is 0 Å². The van der Waals surface area contributed by atoms with Crippen molar-refractivity contribution < 1.29 is 4.79 Å². The Morgan fingerprint density at radius 1 is 1.43 bits per heavy atom. The van der Waals surface area contributed by atoms with Crippen molar-refractivity contribution >= 4 is 46.9 Å². The van der Waals surface area contributed by atoms with Crippen molar-refractivity contribution in [2.75, 3.05) is 5.32 Å². The number of amides is 1. The van der Waals surface area contributed by atoms with Crippen molar-refractivity contribution in [2.24, 2.45) is 0 Å². The van der Waals surface area contributed by atoms with Crippen LogP contribution in [0.4, 0.5) is 5.69 Å². The Kier molecular flexibility index (Phi) is 2.90. The molecule has 2 aromatic heterocycles. The summed E-state index contributed by atoms with van der Waals surface area (Å²) < 4.78 is 0. The Labute approximate surface area is 95.0 Å². The minimum Gasteiger partial charge on any atom is -0.321 e. The van der Waals surface area contributed by atoms with Crippen LogP contribution in [-0.2, 0) is 0 Å². The standard InChI is InChI=1S/C9H7NOS3/c11-9(8-3-7(12)5-14-8)10-6-1-2-13-4-6/h1-5,12H,(H,10,11). The summed E-state index contributed by atoms with van der Waals surface area (Å²) in [5.74, 6) is -0.0753. The molecule has 0 radical (unpaired) electrons. The largest absolute Gasteiger partial charge is 0.321 e. The number of thiol groups is 1. The normalized spacial score (nSPS) is 10.1. The second-order valence-electron chi connectivity index (χ2n) is 2.64. The van der Waals surface area contributed by atoms with Gasteiger partial charge >= 0.3 is 0 Å². The van der Waals surface area contributed by atoms with E-state index in [9.17, 15) is 4.79 Å². The van der Waals surface area contributed by atoms with Gasteiger partial charge in [0.05, 0.1) is 10.6 Å². The summed E-state index contributed by atoms with van der Waals surface area (Å²) in [5, 5.41) is 8.46. The maximum absolute atomic E-state index is 11.6. The van der Waals surface area contributed by atoms with Crippen molar-refractivity contribution in [1.82, 2.24) is 0 Å². The summed E-state index contributed by atoms with van der Waals surface area (Å²) in [4.78, 5) is 13.1. The third-order valence-electron chi connectivity index (χ3n) is 1.59. The van der Waals surface area contributed by atoms with Crippen LogP contribution in [0.5, 0.6) is 0 Å². The number of thiophene rings is 2. The van der Waals surface area contributed by atoms with Crippen molar-refractivity contribution in [1.29, 1.82) is 0 Å². The molecule has 2 aromatic rings. The first-order valence-electron chi connectivity index (χ1n) is 3.87. The summed E-state index contributed by atoms with van der Waals surface area (Å²) >= 11 is 7.10. The lowest BCUT2D eigenvalue weighted by Gasteiger charge is -1.98. The lowest BCUT2D eigenvalue weighted by Crippen LogP contribution is -2.08. The molecular formula is C9H7NOS3. The van der Waals surface area contributed by atoms with Gasteiger partial charge in [0, 0.05) is 15.7 Å². The van der Waals surface area contributed by atoms with E-state index in [0.29, 0.717) is 4.88 Å². The molecule has 0 bridgehead atoms. The molecule has 0 unspecified atom stereocenters. The molecule has 14 heavy (non-hydrogen) atoms. The maximum atomic E-state index is 11.6. The van der Waals surface area contributed by atoms with Gasteiger partial charge in [0.2, 0.25) is 0 Å². The first-order chi connectivity index (χ1) is 6.75. The van der Waals surface area contributed by atoms with Crippen LogP contribution in [0.1, 0.15) is 9.67 Å². The first-order valence-corrected chi connectivity index (χ1v) is 6.14. The highest BCUT2D eigenvalue weighted by Crippen LogP contribution is 2.19. The van der Waals surface area contributed by atoms with Gasteiger partial charge in [-0.3, -0.25) is 4.79 Å². The Balaban J connectivity index is 2.10. The van der Waals surface area contributed by atoms with E-state index in [4.69, 9.17) is 0 Å². The van der Waals surface area contributed by atoms with Gasteiger partial charge < -0.3 is 5.32 Å². The molecule has 0 aliphatic heterocycles. The van der Waals surface area contributed by atoms with Crippen molar-refractivity contribution in [3.8, 4) is 0 Å². The molecule has 0 atom stereocenters. The summed E-state index contributed by atoms with van der Waals surface area (Å²) in [6.07, 6.45) is 0. The summed E-state index contributed by atoms with van der Waals surface area (Å²) in [7, 11) is 0. The summed E-state index contributed by atoms with van der Waals surface area (Å²) in [6.45, 7) is 0. The van der Waals surface area contributed by atoms with Crippen LogP contribution in [0.2, 0.25) is 0 Å². The van der Waals surface area contributed by atoms with E-state index in [1.807, 2.05) is 22.2 Å². The minimum absolute atomic E-state index is 0.0753. The molecule has 72 valence electrons. The maximum Gasteiger partial charge on any atom is 0.265 e. The number of anilines is 1. The van der Waals surface area contributed by atoms with E-state index < -0.39 is 0 Å². The highest BCUT2D eigenvalue weighted by Gasteiger charge is 2.08. The fourth-order valence-corrected chi connectivity index (χ4v) is 2.60. The number of hydrogen-bond acceptors (Lipinski definition) is 4. The summed E-state index contributed by atoms with van der Waals surface area (Å²) in [5.41, 5.74) is 0.842. The number of hydrogen-bond donors (Lipinski definition) is 2. The average Bonchev–Trinajstić information content (AvgIpc) is 2.75. The monoisotopic (exact) mass is 241 g/mol. The molecule has 0 aromatic carbocycles. The van der Waals surface area contributed by atoms with E-state index in [-0.39, 0.29) is 5.91 Å². The van der Waals surface area contributed by atoms with E-state index >= 15 is 0 Å². The van der Waals surface area contributed by atoms with Gasteiger partial charge in [0.15, 0.2) is 0 Å². The average molecular weight is 241 g/mol. The van der Waals surface area contributed by atoms with E-state index in [2.05, 4.69) is 17.9 Å². The molecule has 0 saturated carbocycles. The third kappa shape index (κ3) is 2.17. The van der Waals surface area contributed by atoms with Crippen molar-refractivity contribution in [2.45, 2.75) is 4.90 Å². The zero-order valence-electron chi connectivity index (χ0n) is 7.06. The molecule has 2 nitrogen and oxygen atoms in total. The first kappa shape index (κ1) is 9.76. The van der Waals surface area contributed by atoms with Gasteiger partial charge in [0.1, 0.15) is 0 Å². The minimum atomic E-state index is -0.0753. The fourth-order valence-electron chi connectivity index (χ4n) is 0.974. The third-order valence-corrected chi connectivity index (χ3v) is 3.63. The molecule has 1 N–H and O–H groups in total. The fraction of sp³-hybridized carbons (Fsp3) is 0. The smallest absolute Gasteiger partial charge is 0.265 e. The van der Waals surface area contributed by atoms with Crippen LogP contribution < -0.4 is 5.32 Å². The topological polar surface area (TPSA) is 29.1 Å². The van der Waals surface area contributed by atoms with E-state index in [0.717, 1.165) is 10.6 Å². The molecule has 0 fully saturated rings. The Morgan fingerprint density at radius 2 is 2.29 bits per heavy atom. The number of rotatable bonds is 2. The second kappa shape index (κ2) is 4.16. The van der Waals surface area contributed by atoms with Gasteiger partial charge in [-0.1, -0.05) is 0 Å².